The highest BCUT2D eigenvalue weighted by Crippen LogP contribution is 2.29. The highest BCUT2D eigenvalue weighted by molar-refractivity contribution is 7.20. The summed E-state index contributed by atoms with van der Waals surface area (Å²) in [6.07, 6.45) is 2.65. The zero-order valence-electron chi connectivity index (χ0n) is 19.4. The molecule has 0 atom stereocenters. The van der Waals surface area contributed by atoms with Gasteiger partial charge in [0.25, 0.3) is 11.8 Å². The summed E-state index contributed by atoms with van der Waals surface area (Å²) in [6.45, 7) is 0.608. The van der Waals surface area contributed by atoms with Crippen LogP contribution in [0.4, 0.5) is 0 Å². The fourth-order valence-electron chi connectivity index (χ4n) is 4.10. The molecule has 1 aliphatic rings. The maximum atomic E-state index is 12.4. The first kappa shape index (κ1) is 24.5. The highest BCUT2D eigenvalue weighted by atomic mass is 32.1. The number of hydrogen-bond donors (Lipinski definition) is 3. The molecule has 1 aromatic heterocycles. The van der Waals surface area contributed by atoms with Crippen molar-refractivity contribution in [2.45, 2.75) is 31.8 Å². The number of carboxylic acid groups (broad SMARTS) is 1. The van der Waals surface area contributed by atoms with Gasteiger partial charge in [-0.3, -0.25) is 14.4 Å². The van der Waals surface area contributed by atoms with Crippen LogP contribution in [0.3, 0.4) is 0 Å². The first-order valence-corrected chi connectivity index (χ1v) is 12.4. The number of carbonyl (C=O) groups excluding carboxylic acids is 2. The molecule has 0 spiro atoms. The number of rotatable bonds is 9. The molecule has 184 valence electrons. The molecular weight excluding hydrogens is 468 g/mol. The van der Waals surface area contributed by atoms with Crippen LogP contribution in [0.15, 0.2) is 48.5 Å². The van der Waals surface area contributed by atoms with Gasteiger partial charge in [0.15, 0.2) is 0 Å². The van der Waals surface area contributed by atoms with Crippen LogP contribution < -0.4 is 20.1 Å². The van der Waals surface area contributed by atoms with Crippen molar-refractivity contribution < 1.29 is 29.0 Å². The van der Waals surface area contributed by atoms with Gasteiger partial charge in [0.2, 0.25) is 0 Å². The Bertz CT molecular complexity index is 1200. The molecule has 0 saturated heterocycles. The van der Waals surface area contributed by atoms with Crippen LogP contribution in [0.2, 0.25) is 0 Å². The second-order valence-electron chi connectivity index (χ2n) is 8.48. The molecular formula is C26H28N2O6S. The molecule has 2 amide bonds. The summed E-state index contributed by atoms with van der Waals surface area (Å²) >= 11 is 1.39. The van der Waals surface area contributed by atoms with Gasteiger partial charge in [-0.15, -0.1) is 11.3 Å². The minimum Gasteiger partial charge on any atom is -0.497 e. The van der Waals surface area contributed by atoms with Crippen molar-refractivity contribution in [3.63, 3.8) is 0 Å². The first-order valence-electron chi connectivity index (χ1n) is 11.6. The van der Waals surface area contributed by atoms with E-state index in [-0.39, 0.29) is 23.8 Å². The molecule has 9 heteroatoms. The molecule has 0 aliphatic heterocycles. The Kier molecular flexibility index (Phi) is 7.87. The van der Waals surface area contributed by atoms with Crippen molar-refractivity contribution in [2.75, 3.05) is 20.2 Å². The number of amides is 2. The topological polar surface area (TPSA) is 114 Å². The number of carbonyl (C=O) groups is 3. The van der Waals surface area contributed by atoms with Crippen molar-refractivity contribution in [1.29, 1.82) is 0 Å². The first-order chi connectivity index (χ1) is 16.9. The summed E-state index contributed by atoms with van der Waals surface area (Å²) in [4.78, 5) is 36.5. The van der Waals surface area contributed by atoms with Crippen LogP contribution in [-0.4, -0.2) is 49.2 Å². The molecule has 3 N–H and O–H groups in total. The predicted molar refractivity (Wildman–Crippen MR) is 133 cm³/mol. The van der Waals surface area contributed by atoms with E-state index in [4.69, 9.17) is 14.6 Å². The van der Waals surface area contributed by atoms with E-state index in [1.54, 1.807) is 31.4 Å². The number of carboxylic acids is 1. The maximum absolute atomic E-state index is 12.4. The van der Waals surface area contributed by atoms with E-state index in [9.17, 15) is 14.4 Å². The van der Waals surface area contributed by atoms with Gasteiger partial charge in [-0.1, -0.05) is 0 Å². The fraction of sp³-hybridized carbons (Fsp3) is 0.346. The van der Waals surface area contributed by atoms with Crippen LogP contribution >= 0.6 is 11.3 Å². The van der Waals surface area contributed by atoms with Crippen LogP contribution in [0.5, 0.6) is 11.5 Å². The van der Waals surface area contributed by atoms with E-state index in [0.717, 1.165) is 15.8 Å². The van der Waals surface area contributed by atoms with Gasteiger partial charge in [0.05, 0.1) is 24.0 Å². The van der Waals surface area contributed by atoms with E-state index in [1.807, 2.05) is 24.3 Å². The molecule has 8 nitrogen and oxygen atoms in total. The summed E-state index contributed by atoms with van der Waals surface area (Å²) in [5, 5.41) is 15.7. The molecule has 1 aliphatic carbocycles. The van der Waals surface area contributed by atoms with Crippen molar-refractivity contribution in [2.24, 2.45) is 5.92 Å². The Morgan fingerprint density at radius 3 is 2.23 bits per heavy atom. The van der Waals surface area contributed by atoms with E-state index in [0.29, 0.717) is 55.0 Å². The van der Waals surface area contributed by atoms with E-state index >= 15 is 0 Å². The van der Waals surface area contributed by atoms with E-state index < -0.39 is 5.97 Å². The molecule has 0 radical (unpaired) electrons. The van der Waals surface area contributed by atoms with Gasteiger partial charge < -0.3 is 25.2 Å². The quantitative estimate of drug-likeness (QED) is 0.385. The number of hydrogen-bond acceptors (Lipinski definition) is 6. The smallest absolute Gasteiger partial charge is 0.306 e. The minimum absolute atomic E-state index is 0.00291. The largest absolute Gasteiger partial charge is 0.497 e. The molecule has 0 bridgehead atoms. The van der Waals surface area contributed by atoms with E-state index in [1.165, 1.54) is 11.3 Å². The van der Waals surface area contributed by atoms with Gasteiger partial charge in [-0.05, 0) is 79.6 Å². The van der Waals surface area contributed by atoms with Gasteiger partial charge in [0, 0.05) is 23.4 Å². The number of methoxy groups -OCH3 is 1. The molecule has 1 saturated carbocycles. The van der Waals surface area contributed by atoms with Gasteiger partial charge in [0.1, 0.15) is 11.5 Å². The normalized spacial score (nSPS) is 17.5. The number of ether oxygens (including phenoxy) is 2. The summed E-state index contributed by atoms with van der Waals surface area (Å²) < 4.78 is 12.1. The molecule has 1 fully saturated rings. The number of nitrogens with one attached hydrogen (secondary N) is 2. The molecule has 35 heavy (non-hydrogen) atoms. The third-order valence-electron chi connectivity index (χ3n) is 6.09. The molecule has 2 aromatic carbocycles. The molecule has 3 aromatic rings. The third kappa shape index (κ3) is 6.30. The van der Waals surface area contributed by atoms with Gasteiger partial charge in [-0.25, -0.2) is 0 Å². The highest BCUT2D eigenvalue weighted by Gasteiger charge is 2.26. The minimum atomic E-state index is -0.737. The lowest BCUT2D eigenvalue weighted by Crippen LogP contribution is -2.34. The number of benzene rings is 2. The lowest BCUT2D eigenvalue weighted by atomic mass is 9.87. The Balaban J connectivity index is 1.19. The van der Waals surface area contributed by atoms with Crippen LogP contribution in [0.1, 0.15) is 45.7 Å². The van der Waals surface area contributed by atoms with Crippen molar-refractivity contribution >= 4 is 39.2 Å². The number of fused-ring (bicyclic) bond motifs is 1. The van der Waals surface area contributed by atoms with Crippen LogP contribution in [0.25, 0.3) is 10.1 Å². The standard InChI is InChI=1S/C26H28N2O6S/c1-33-21-11-6-18-14-23(35-22(18)15-21)25(30)28-13-12-27-24(29)16-2-7-19(8-3-16)34-20-9-4-17(5-10-20)26(31)32/h2-3,6-8,11,14-15,17,20H,4-5,9-10,12-13H2,1H3,(H,27,29)(H,28,30)(H,31,32)/t17-,20+. The SMILES string of the molecule is COc1ccc2cc(C(=O)NCCNC(=O)c3ccc(O[C@H]4CC[C@@H](C(=O)O)CC4)cc3)sc2c1. The predicted octanol–water partition coefficient (Wildman–Crippen LogP) is 4.09. The Morgan fingerprint density at radius 1 is 0.914 bits per heavy atom. The lowest BCUT2D eigenvalue weighted by Gasteiger charge is -2.26. The summed E-state index contributed by atoms with van der Waals surface area (Å²) in [5.41, 5.74) is 0.497. The van der Waals surface area contributed by atoms with E-state index in [2.05, 4.69) is 10.6 Å². The molecule has 0 unspecified atom stereocenters. The Morgan fingerprint density at radius 2 is 1.57 bits per heavy atom. The Hall–Kier alpha value is -3.59. The fourth-order valence-corrected chi connectivity index (χ4v) is 5.10. The molecule has 1 heterocycles. The van der Waals surface area contributed by atoms with Crippen LogP contribution in [0, 0.1) is 5.92 Å². The zero-order valence-corrected chi connectivity index (χ0v) is 20.2. The average molecular weight is 497 g/mol. The van der Waals surface area contributed by atoms with Gasteiger partial charge in [-0.2, -0.15) is 0 Å². The molecule has 4 rings (SSSR count). The van der Waals surface area contributed by atoms with Crippen molar-refractivity contribution in [3.05, 3.63) is 59.0 Å². The lowest BCUT2D eigenvalue weighted by molar-refractivity contribution is -0.143. The van der Waals surface area contributed by atoms with Crippen molar-refractivity contribution in [3.8, 4) is 11.5 Å². The van der Waals surface area contributed by atoms with Crippen LogP contribution in [-0.2, 0) is 4.79 Å². The second kappa shape index (κ2) is 11.2. The number of thiophene rings is 1. The monoisotopic (exact) mass is 496 g/mol. The summed E-state index contributed by atoms with van der Waals surface area (Å²) in [5.74, 6) is -0.0238. The Labute approximate surface area is 207 Å². The summed E-state index contributed by atoms with van der Waals surface area (Å²) in [7, 11) is 1.61. The number of aliphatic carboxylic acids is 1. The second-order valence-corrected chi connectivity index (χ2v) is 9.56. The average Bonchev–Trinajstić information content (AvgIpc) is 3.30. The summed E-state index contributed by atoms with van der Waals surface area (Å²) in [6, 6.07) is 14.4. The third-order valence-corrected chi connectivity index (χ3v) is 7.19. The maximum Gasteiger partial charge on any atom is 0.306 e. The van der Waals surface area contributed by atoms with Crippen molar-refractivity contribution in [1.82, 2.24) is 10.6 Å². The zero-order chi connectivity index (χ0) is 24.8. The van der Waals surface area contributed by atoms with Gasteiger partial charge >= 0.3 is 5.97 Å².